The second kappa shape index (κ2) is 10.4. The number of para-hydroxylation sites is 1. The van der Waals surface area contributed by atoms with Gasteiger partial charge < -0.3 is 10.6 Å². The summed E-state index contributed by atoms with van der Waals surface area (Å²) in [4.78, 5) is 22.4. The second-order valence-electron chi connectivity index (χ2n) is 6.74. The van der Waals surface area contributed by atoms with E-state index >= 15 is 0 Å². The minimum Gasteiger partial charge on any atom is -0.345 e. The fourth-order valence-corrected chi connectivity index (χ4v) is 4.20. The van der Waals surface area contributed by atoms with Crippen molar-refractivity contribution >= 4 is 44.4 Å². The molecule has 33 heavy (non-hydrogen) atoms. The summed E-state index contributed by atoms with van der Waals surface area (Å²) in [6.07, 6.45) is 0. The molecule has 0 aliphatic carbocycles. The van der Waals surface area contributed by atoms with Gasteiger partial charge in [0.2, 0.25) is 0 Å². The first kappa shape index (κ1) is 23.5. The van der Waals surface area contributed by atoms with Gasteiger partial charge in [0.15, 0.2) is 11.1 Å². The van der Waals surface area contributed by atoms with Crippen LogP contribution in [-0.4, -0.2) is 8.75 Å². The van der Waals surface area contributed by atoms with Crippen molar-refractivity contribution < 1.29 is 4.39 Å². The molecule has 11 heteroatoms. The van der Waals surface area contributed by atoms with Crippen LogP contribution < -0.4 is 21.8 Å². The number of benzene rings is 2. The van der Waals surface area contributed by atoms with Gasteiger partial charge in [-0.1, -0.05) is 18.2 Å². The van der Waals surface area contributed by atoms with E-state index in [-0.39, 0.29) is 22.5 Å². The lowest BCUT2D eigenvalue weighted by molar-refractivity contribution is 0.609. The van der Waals surface area contributed by atoms with Crippen molar-refractivity contribution in [2.75, 3.05) is 10.6 Å². The molecule has 4 aromatic rings. The zero-order valence-corrected chi connectivity index (χ0v) is 19.1. The van der Waals surface area contributed by atoms with Crippen molar-refractivity contribution in [3.8, 4) is 12.1 Å². The zero-order valence-electron chi connectivity index (χ0n) is 17.4. The Labute approximate surface area is 195 Å². The molecule has 2 heterocycles. The van der Waals surface area contributed by atoms with Gasteiger partial charge in [0.05, 0.1) is 0 Å². The van der Waals surface area contributed by atoms with Gasteiger partial charge in [-0.05, 0) is 72.3 Å². The molecule has 4 rings (SSSR count). The van der Waals surface area contributed by atoms with Crippen molar-refractivity contribution in [2.24, 2.45) is 0 Å². The molecule has 0 saturated heterocycles. The summed E-state index contributed by atoms with van der Waals surface area (Å²) in [6.45, 7) is 3.33. The Hall–Kier alpha value is -4.19. The number of nitrogens with zero attached hydrogens (tertiary/aromatic N) is 2. The molecule has 2 aromatic carbocycles. The molecular weight excluding hydrogens is 463 g/mol. The molecular formula is C22H17FN6O2S2. The van der Waals surface area contributed by atoms with Crippen LogP contribution in [0, 0.1) is 42.3 Å². The van der Waals surface area contributed by atoms with Gasteiger partial charge in [-0.2, -0.15) is 10.5 Å². The maximum absolute atomic E-state index is 13.5. The number of hydrogen-bond donors (Lipinski definition) is 4. The lowest BCUT2D eigenvalue weighted by Crippen LogP contribution is -2.03. The third kappa shape index (κ3) is 5.54. The van der Waals surface area contributed by atoms with Gasteiger partial charge >= 0.3 is 0 Å². The van der Waals surface area contributed by atoms with Crippen LogP contribution in [0.15, 0.2) is 52.1 Å². The average molecular weight is 481 g/mol. The summed E-state index contributed by atoms with van der Waals surface area (Å²) < 4.78 is 18.5. The first-order chi connectivity index (χ1) is 15.8. The minimum absolute atomic E-state index is 0.0413. The number of anilines is 4. The van der Waals surface area contributed by atoms with Crippen LogP contribution in [0.25, 0.3) is 0 Å². The lowest BCUT2D eigenvalue weighted by atomic mass is 10.1. The number of nitriles is 2. The summed E-state index contributed by atoms with van der Waals surface area (Å²) in [5, 5.41) is 24.6. The van der Waals surface area contributed by atoms with Crippen molar-refractivity contribution in [1.29, 1.82) is 10.5 Å². The monoisotopic (exact) mass is 480 g/mol. The molecule has 0 amide bonds. The predicted molar refractivity (Wildman–Crippen MR) is 128 cm³/mol. The highest BCUT2D eigenvalue weighted by Crippen LogP contribution is 2.25. The Morgan fingerprint density at radius 2 is 1.27 bits per heavy atom. The van der Waals surface area contributed by atoms with Gasteiger partial charge in [-0.25, -0.2) is 4.39 Å². The maximum Gasteiger partial charge on any atom is 0.278 e. The van der Waals surface area contributed by atoms with Gasteiger partial charge in [0.25, 0.3) is 11.1 Å². The molecule has 0 radical (unpaired) electrons. The van der Waals surface area contributed by atoms with Crippen LogP contribution >= 0.6 is 23.1 Å². The molecule has 0 fully saturated rings. The summed E-state index contributed by atoms with van der Waals surface area (Å²) in [5.41, 5.74) is 1.94. The van der Waals surface area contributed by atoms with Crippen molar-refractivity contribution in [3.05, 3.63) is 91.2 Å². The van der Waals surface area contributed by atoms with Crippen LogP contribution in [-0.2, 0) is 0 Å². The summed E-state index contributed by atoms with van der Waals surface area (Å²) in [6, 6.07) is 16.4. The molecule has 0 aliphatic heterocycles. The highest BCUT2D eigenvalue weighted by molar-refractivity contribution is 7.10. The number of rotatable bonds is 4. The van der Waals surface area contributed by atoms with E-state index in [1.54, 1.807) is 26.0 Å². The standard InChI is InChI=1S/C12H10FN3OS.C10H7N3OS/c1-6-3-8(4-7(2)10(6)13)15-12-9(5-14)11(17)16-18-12;11-6-8-9(14)13-15-10(8)12-7-4-2-1-3-5-7/h3-4,15H,1-2H3,(H,16,17);1-5,12H,(H,13,14). The van der Waals surface area contributed by atoms with E-state index in [9.17, 15) is 14.0 Å². The Kier molecular flexibility index (Phi) is 7.41. The SMILES string of the molecule is Cc1cc(Nc2s[nH]c(=O)c2C#N)cc(C)c1F.N#Cc1c(Nc2ccccc2)s[nH]c1=O. The number of hydrogen-bond acceptors (Lipinski definition) is 8. The van der Waals surface area contributed by atoms with Crippen LogP contribution in [0.1, 0.15) is 22.3 Å². The molecule has 8 nitrogen and oxygen atoms in total. The fraction of sp³-hybridized carbons (Fsp3) is 0.0909. The number of aromatic nitrogens is 2. The normalized spacial score (nSPS) is 9.85. The third-order valence-corrected chi connectivity index (χ3v) is 5.94. The van der Waals surface area contributed by atoms with Crippen LogP contribution in [0.2, 0.25) is 0 Å². The fourth-order valence-electron chi connectivity index (χ4n) is 2.79. The first-order valence-electron chi connectivity index (χ1n) is 9.43. The molecule has 0 spiro atoms. The topological polar surface area (TPSA) is 137 Å². The Morgan fingerprint density at radius 1 is 0.818 bits per heavy atom. The van der Waals surface area contributed by atoms with E-state index in [1.807, 2.05) is 42.5 Å². The van der Waals surface area contributed by atoms with Crippen LogP contribution in [0.3, 0.4) is 0 Å². The van der Waals surface area contributed by atoms with Crippen molar-refractivity contribution in [3.63, 3.8) is 0 Å². The van der Waals surface area contributed by atoms with E-state index in [2.05, 4.69) is 19.4 Å². The van der Waals surface area contributed by atoms with Gasteiger partial charge in [-0.15, -0.1) is 0 Å². The Balaban J connectivity index is 0.000000189. The zero-order chi connectivity index (χ0) is 24.0. The van der Waals surface area contributed by atoms with Crippen LogP contribution in [0.5, 0.6) is 0 Å². The van der Waals surface area contributed by atoms with E-state index in [0.717, 1.165) is 28.8 Å². The maximum atomic E-state index is 13.5. The molecule has 0 atom stereocenters. The predicted octanol–water partition coefficient (Wildman–Crippen LogP) is 4.86. The first-order valence-corrected chi connectivity index (χ1v) is 11.1. The molecule has 166 valence electrons. The molecule has 2 aromatic heterocycles. The molecule has 0 bridgehead atoms. The number of halogens is 1. The summed E-state index contributed by atoms with van der Waals surface area (Å²) in [5.74, 6) is -0.247. The van der Waals surface area contributed by atoms with E-state index in [0.29, 0.717) is 26.8 Å². The molecule has 4 N–H and O–H groups in total. The van der Waals surface area contributed by atoms with Gasteiger partial charge in [0, 0.05) is 11.4 Å². The largest absolute Gasteiger partial charge is 0.345 e. The molecule has 0 aliphatic rings. The van der Waals surface area contributed by atoms with E-state index < -0.39 is 5.56 Å². The third-order valence-electron chi connectivity index (χ3n) is 4.35. The number of H-pyrrole nitrogens is 2. The molecule has 0 saturated carbocycles. The van der Waals surface area contributed by atoms with E-state index in [4.69, 9.17) is 10.5 Å². The lowest BCUT2D eigenvalue weighted by Gasteiger charge is -2.07. The number of nitrogens with one attached hydrogen (secondary N) is 4. The summed E-state index contributed by atoms with van der Waals surface area (Å²) >= 11 is 2.17. The number of aryl methyl sites for hydroxylation is 2. The Bertz CT molecular complexity index is 1450. The van der Waals surface area contributed by atoms with Crippen molar-refractivity contribution in [1.82, 2.24) is 8.75 Å². The van der Waals surface area contributed by atoms with Crippen molar-refractivity contribution in [2.45, 2.75) is 13.8 Å². The highest BCUT2D eigenvalue weighted by Gasteiger charge is 2.11. The molecule has 0 unspecified atom stereocenters. The smallest absolute Gasteiger partial charge is 0.278 e. The highest BCUT2D eigenvalue weighted by atomic mass is 32.1. The van der Waals surface area contributed by atoms with Gasteiger partial charge in [-0.3, -0.25) is 18.3 Å². The quantitative estimate of drug-likeness (QED) is 0.329. The second-order valence-corrected chi connectivity index (χ2v) is 8.37. The average Bonchev–Trinajstić information content (AvgIpc) is 3.34. The van der Waals surface area contributed by atoms with Crippen LogP contribution in [0.4, 0.5) is 25.8 Å². The van der Waals surface area contributed by atoms with Gasteiger partial charge in [0.1, 0.15) is 28.0 Å². The van der Waals surface area contributed by atoms with E-state index in [1.165, 1.54) is 0 Å². The summed E-state index contributed by atoms with van der Waals surface area (Å²) in [7, 11) is 0. The Morgan fingerprint density at radius 3 is 1.73 bits per heavy atom. The number of aromatic amines is 2. The minimum atomic E-state index is -0.416.